The average Bonchev–Trinajstić information content (AvgIpc) is 3.08. The quantitative estimate of drug-likeness (QED) is 0.392. The molecule has 2 aromatic heterocycles. The lowest BCUT2D eigenvalue weighted by atomic mass is 10.0. The van der Waals surface area contributed by atoms with Gasteiger partial charge in [-0.1, -0.05) is 6.07 Å². The third kappa shape index (κ3) is 5.07. The molecule has 0 spiro atoms. The molecule has 3 heterocycles. The molecule has 4 N–H and O–H groups in total. The van der Waals surface area contributed by atoms with Crippen molar-refractivity contribution in [2.75, 3.05) is 11.9 Å². The Morgan fingerprint density at radius 3 is 2.77 bits per heavy atom. The number of rotatable bonds is 6. The van der Waals surface area contributed by atoms with Crippen LogP contribution in [0, 0.1) is 0 Å². The maximum absolute atomic E-state index is 12.0. The van der Waals surface area contributed by atoms with E-state index >= 15 is 0 Å². The Labute approximate surface area is 174 Å². The maximum Gasteiger partial charge on any atom is 0.394 e. The molecule has 1 aliphatic heterocycles. The number of carboxylic acid groups (broad SMARTS) is 2. The molecule has 1 unspecified atom stereocenters. The Hall–Kier alpha value is -3.57. The summed E-state index contributed by atoms with van der Waals surface area (Å²) in [5.41, 5.74) is 1.08. The van der Waals surface area contributed by atoms with Crippen LogP contribution in [0.3, 0.4) is 0 Å². The first-order valence-corrected chi connectivity index (χ1v) is 9.56. The lowest BCUT2D eigenvalue weighted by Gasteiger charge is -2.23. The van der Waals surface area contributed by atoms with Gasteiger partial charge in [-0.05, 0) is 23.3 Å². The lowest BCUT2D eigenvalue weighted by molar-refractivity contribution is -0.147. The van der Waals surface area contributed by atoms with Crippen molar-refractivity contribution >= 4 is 46.2 Å². The van der Waals surface area contributed by atoms with E-state index in [9.17, 15) is 24.3 Å². The molecule has 1 atom stereocenters. The van der Waals surface area contributed by atoms with Crippen LogP contribution < -0.4 is 10.6 Å². The smallest absolute Gasteiger partial charge is 0.394 e. The van der Waals surface area contributed by atoms with Crippen LogP contribution in [0.1, 0.15) is 26.4 Å². The molecule has 0 saturated heterocycles. The number of aromatic nitrogens is 1. The van der Waals surface area contributed by atoms with E-state index in [0.717, 1.165) is 16.9 Å². The van der Waals surface area contributed by atoms with Crippen molar-refractivity contribution in [3.8, 4) is 0 Å². The number of aliphatic carboxylic acids is 1. The maximum atomic E-state index is 12.0. The molecule has 3 rings (SSSR count). The third-order valence-corrected chi connectivity index (χ3v) is 5.34. The Bertz CT molecular complexity index is 1020. The number of thiophene rings is 1. The van der Waals surface area contributed by atoms with E-state index in [4.69, 9.17) is 9.84 Å². The minimum atomic E-state index is -1.71. The number of hydrogen-bond donors (Lipinski definition) is 4. The number of fused-ring (bicyclic) bond motifs is 1. The zero-order valence-corrected chi connectivity index (χ0v) is 16.3. The molecule has 0 aromatic carbocycles. The number of nitrogens with zero attached hydrogens (tertiary/aromatic N) is 1. The first kappa shape index (κ1) is 21.1. The monoisotopic (exact) mass is 431 g/mol. The molecule has 2 amide bonds. The van der Waals surface area contributed by atoms with Crippen LogP contribution in [0.15, 0.2) is 30.6 Å². The number of pyridine rings is 1. The summed E-state index contributed by atoms with van der Waals surface area (Å²) in [5, 5.41) is 23.0. The summed E-state index contributed by atoms with van der Waals surface area (Å²) in [5.74, 6) is -4.65. The molecule has 11 heteroatoms. The zero-order chi connectivity index (χ0) is 21.7. The van der Waals surface area contributed by atoms with Gasteiger partial charge in [-0.2, -0.15) is 0 Å². The largest absolute Gasteiger partial charge is 0.478 e. The highest BCUT2D eigenvalue weighted by molar-refractivity contribution is 7.17. The summed E-state index contributed by atoms with van der Waals surface area (Å²) in [6.07, 6.45) is 5.94. The van der Waals surface area contributed by atoms with Gasteiger partial charge in [-0.3, -0.25) is 14.6 Å². The first-order chi connectivity index (χ1) is 14.3. The van der Waals surface area contributed by atoms with Crippen LogP contribution in [0.25, 0.3) is 6.08 Å². The lowest BCUT2D eigenvalue weighted by Crippen LogP contribution is -2.36. The van der Waals surface area contributed by atoms with Gasteiger partial charge in [0, 0.05) is 36.3 Å². The molecule has 156 valence electrons. The minimum absolute atomic E-state index is 0.0485. The summed E-state index contributed by atoms with van der Waals surface area (Å²) < 4.78 is 5.66. The molecule has 0 saturated carbocycles. The Morgan fingerprint density at radius 1 is 1.30 bits per heavy atom. The van der Waals surface area contributed by atoms with Gasteiger partial charge in [-0.15, -0.1) is 11.3 Å². The number of aromatic carboxylic acids is 1. The number of hydrogen-bond acceptors (Lipinski definition) is 7. The Kier molecular flexibility index (Phi) is 6.54. The number of ether oxygens (including phenoxy) is 1. The van der Waals surface area contributed by atoms with Crippen molar-refractivity contribution in [3.63, 3.8) is 0 Å². The molecule has 0 bridgehead atoms. The van der Waals surface area contributed by atoms with Crippen LogP contribution in [-0.2, 0) is 32.1 Å². The van der Waals surface area contributed by atoms with Gasteiger partial charge in [-0.25, -0.2) is 9.59 Å². The topological polar surface area (TPSA) is 155 Å². The van der Waals surface area contributed by atoms with E-state index in [1.807, 2.05) is 0 Å². The highest BCUT2D eigenvalue weighted by Gasteiger charge is 2.31. The van der Waals surface area contributed by atoms with Crippen LogP contribution >= 0.6 is 11.3 Å². The standard InChI is InChI=1S/C19H17N3O7S/c23-14(4-3-10-2-1-5-20-7-10)21-8-11-6-12-13(9-29-11)30-17(15(12)18(25)26)22-16(24)19(27)28/h1-5,7,11H,6,8-9H2,(H,21,23)(H,22,24)(H,25,26)(H,27,28). The van der Waals surface area contributed by atoms with Crippen molar-refractivity contribution < 1.29 is 34.1 Å². The van der Waals surface area contributed by atoms with Gasteiger partial charge in [0.15, 0.2) is 0 Å². The molecule has 1 aliphatic rings. The van der Waals surface area contributed by atoms with Crippen LogP contribution in [0.4, 0.5) is 5.00 Å². The van der Waals surface area contributed by atoms with Crippen molar-refractivity contribution in [1.82, 2.24) is 10.3 Å². The van der Waals surface area contributed by atoms with E-state index in [0.29, 0.717) is 10.4 Å². The van der Waals surface area contributed by atoms with Crippen LogP contribution in [-0.4, -0.2) is 51.6 Å². The fourth-order valence-corrected chi connectivity index (χ4v) is 3.98. The van der Waals surface area contributed by atoms with Crippen molar-refractivity contribution in [2.24, 2.45) is 0 Å². The number of nitrogens with one attached hydrogen (secondary N) is 2. The summed E-state index contributed by atoms with van der Waals surface area (Å²) in [6, 6.07) is 3.55. The zero-order valence-electron chi connectivity index (χ0n) is 15.5. The van der Waals surface area contributed by atoms with Crippen molar-refractivity contribution in [3.05, 3.63) is 52.2 Å². The van der Waals surface area contributed by atoms with Gasteiger partial charge in [0.25, 0.3) is 0 Å². The number of carbonyl (C=O) groups is 4. The predicted octanol–water partition coefficient (Wildman–Crippen LogP) is 1.14. The molecular weight excluding hydrogens is 414 g/mol. The highest BCUT2D eigenvalue weighted by Crippen LogP contribution is 2.37. The third-order valence-electron chi connectivity index (χ3n) is 4.22. The van der Waals surface area contributed by atoms with E-state index < -0.39 is 23.9 Å². The number of anilines is 1. The number of amides is 2. The second kappa shape index (κ2) is 9.29. The van der Waals surface area contributed by atoms with E-state index in [1.165, 1.54) is 6.08 Å². The van der Waals surface area contributed by atoms with Gasteiger partial charge >= 0.3 is 17.8 Å². The molecule has 30 heavy (non-hydrogen) atoms. The molecule has 10 nitrogen and oxygen atoms in total. The summed E-state index contributed by atoms with van der Waals surface area (Å²) >= 11 is 0.963. The summed E-state index contributed by atoms with van der Waals surface area (Å²) in [4.78, 5) is 50.4. The second-order valence-electron chi connectivity index (χ2n) is 6.27. The van der Waals surface area contributed by atoms with Gasteiger partial charge < -0.3 is 25.6 Å². The Balaban J connectivity index is 1.64. The van der Waals surface area contributed by atoms with Gasteiger partial charge in [0.05, 0.1) is 18.3 Å². The van der Waals surface area contributed by atoms with E-state index in [-0.39, 0.29) is 36.0 Å². The summed E-state index contributed by atoms with van der Waals surface area (Å²) in [7, 11) is 0. The SMILES string of the molecule is O=C(C=Cc1cccnc1)NCC1Cc2c(sc(NC(=O)C(=O)O)c2C(=O)O)CO1. The van der Waals surface area contributed by atoms with Gasteiger partial charge in [0.2, 0.25) is 5.91 Å². The average molecular weight is 431 g/mol. The van der Waals surface area contributed by atoms with Crippen LogP contribution in [0.2, 0.25) is 0 Å². The first-order valence-electron chi connectivity index (χ1n) is 8.74. The Morgan fingerprint density at radius 2 is 2.10 bits per heavy atom. The molecular formula is C19H17N3O7S. The number of carboxylic acids is 2. The van der Waals surface area contributed by atoms with E-state index in [1.54, 1.807) is 30.6 Å². The second-order valence-corrected chi connectivity index (χ2v) is 7.38. The fourth-order valence-electron chi connectivity index (χ4n) is 2.85. The molecule has 0 fully saturated rings. The molecule has 0 aliphatic carbocycles. The van der Waals surface area contributed by atoms with E-state index in [2.05, 4.69) is 15.6 Å². The van der Waals surface area contributed by atoms with Crippen molar-refractivity contribution in [1.29, 1.82) is 0 Å². The van der Waals surface area contributed by atoms with Gasteiger partial charge in [0.1, 0.15) is 5.00 Å². The summed E-state index contributed by atoms with van der Waals surface area (Å²) in [6.45, 7) is 0.247. The minimum Gasteiger partial charge on any atom is -0.478 e. The molecule has 0 radical (unpaired) electrons. The van der Waals surface area contributed by atoms with Crippen molar-refractivity contribution in [2.45, 2.75) is 19.1 Å². The fraction of sp³-hybridized carbons (Fsp3) is 0.211. The highest BCUT2D eigenvalue weighted by atomic mass is 32.1. The predicted molar refractivity (Wildman–Crippen MR) is 106 cm³/mol. The normalized spacial score (nSPS) is 15.4. The van der Waals surface area contributed by atoms with Crippen LogP contribution in [0.5, 0.6) is 0 Å². The molecule has 2 aromatic rings. The number of carbonyl (C=O) groups excluding carboxylic acids is 2.